The van der Waals surface area contributed by atoms with Gasteiger partial charge in [-0.05, 0) is 195 Å². The molecule has 16 heterocycles. The third kappa shape index (κ3) is 21.3. The minimum absolute atomic E-state index is 0.0314. The van der Waals surface area contributed by atoms with Crippen LogP contribution in [0.3, 0.4) is 0 Å². The maximum absolute atomic E-state index is 5.81. The van der Waals surface area contributed by atoms with Gasteiger partial charge < -0.3 is 52.6 Å². The largest absolute Gasteiger partial charge is 0.502 e. The number of nitrogens with one attached hydrogen (secondary N) is 2. The number of nitrogens with zero attached hydrogens (tertiary/aromatic N) is 21. The van der Waals surface area contributed by atoms with Crippen LogP contribution in [0.25, 0.3) is 58.9 Å². The first kappa shape index (κ1) is 79.0. The molecule has 2 atom stereocenters. The molecule has 2 N–H and O–H groups in total. The molecule has 594 valence electrons. The zero-order valence-electron chi connectivity index (χ0n) is 65.5. The highest BCUT2D eigenvalue weighted by atomic mass is 16.5. The Morgan fingerprint density at radius 1 is 0.397 bits per heavy atom. The molecule has 0 amide bonds. The van der Waals surface area contributed by atoms with Gasteiger partial charge in [-0.25, -0.2) is 69.2 Å². The zero-order valence-corrected chi connectivity index (χ0v) is 65.5. The minimum atomic E-state index is 0.0314. The van der Waals surface area contributed by atoms with E-state index in [0.717, 1.165) is 147 Å². The van der Waals surface area contributed by atoms with Gasteiger partial charge in [0.2, 0.25) is 17.8 Å². The van der Waals surface area contributed by atoms with Crippen molar-refractivity contribution >= 4 is 42.1 Å². The Balaban J connectivity index is 0.000000125. The lowest BCUT2D eigenvalue weighted by Gasteiger charge is -2.22. The Morgan fingerprint density at radius 2 is 0.853 bits per heavy atom. The fourth-order valence-corrected chi connectivity index (χ4v) is 13.1. The number of aromatic nitrogens is 20. The number of hydrogen-bond acceptors (Lipinski definition) is 27. The highest BCUT2D eigenvalue weighted by molar-refractivity contribution is 5.69. The van der Waals surface area contributed by atoms with Gasteiger partial charge >= 0.3 is 0 Å². The Labute approximate surface area is 671 Å². The standard InChI is InChI=1S/C27H27N7O2.C22H19N7O.C18H17N5O.C9H14N2O2.C5H8O.C4H6N2O/c1-35-23-8-6-20-17-33(18-21(20)14-23)27-29-12-10-24(32-27)26-28-11-9-22(31-26)7-5-19-15-30-34(16-19)25-4-2-3-13-36-25;1-30-19-5-3-16-13-29(14-17(16)10-19)22-24-9-7-20(28-22)21-23-8-6-18(27-21)4-2-15-11-25-26-12-15;1-12-5-7-19-17(21-12)16-6-8-20-18(22-16)23-10-13-3-4-15(24-2)9-14(13)11-23;1-12-8-6-10-11(7-8)9-4-2-3-5-13-9;1-2-4-6-5-3-1;1-7-4-2-5-6-3-4/h5-12,14-16,25H,2-4,13,17-18H2,1H3;2-12H,13-14H2,1H3,(H,25,26);3-9H,10-11H2,1-2H3;6-7,9H,2-5H2,1H3;2,4H,1,3,5H2;2-3H,1H3,(H,5,6)/b7-5+;4-2+;;;;. The molecule has 31 heteroatoms. The minimum Gasteiger partial charge on any atom is -0.502 e. The van der Waals surface area contributed by atoms with Gasteiger partial charge in [0.25, 0.3) is 0 Å². The van der Waals surface area contributed by atoms with Gasteiger partial charge in [-0.3, -0.25) is 10.2 Å². The van der Waals surface area contributed by atoms with E-state index in [0.29, 0.717) is 46.7 Å². The van der Waals surface area contributed by atoms with E-state index in [1.165, 1.54) is 59.1 Å². The molecule has 6 aliphatic rings. The highest BCUT2D eigenvalue weighted by Gasteiger charge is 2.27. The van der Waals surface area contributed by atoms with Gasteiger partial charge in [0.1, 0.15) is 46.8 Å². The molecular formula is C85H91N23O8. The van der Waals surface area contributed by atoms with Crippen molar-refractivity contribution in [2.75, 3.05) is 70.1 Å². The molecule has 2 fully saturated rings. The second kappa shape index (κ2) is 39.7. The molecule has 6 aliphatic heterocycles. The number of hydrogen-bond donors (Lipinski definition) is 2. The van der Waals surface area contributed by atoms with Crippen LogP contribution in [-0.2, 0) is 53.5 Å². The van der Waals surface area contributed by atoms with Crippen LogP contribution < -0.4 is 38.4 Å². The normalized spacial score (nSPS) is 15.6. The van der Waals surface area contributed by atoms with Crippen LogP contribution in [0.5, 0.6) is 28.7 Å². The second-order valence-corrected chi connectivity index (χ2v) is 27.3. The zero-order chi connectivity index (χ0) is 79.6. The van der Waals surface area contributed by atoms with Gasteiger partial charge in [-0.1, -0.05) is 18.2 Å². The van der Waals surface area contributed by atoms with Gasteiger partial charge in [0, 0.05) is 119 Å². The number of methoxy groups -OCH3 is 5. The lowest BCUT2D eigenvalue weighted by molar-refractivity contribution is -0.0396. The van der Waals surface area contributed by atoms with Crippen molar-refractivity contribution in [1.29, 1.82) is 0 Å². The average molecular weight is 1560 g/mol. The third-order valence-electron chi connectivity index (χ3n) is 19.3. The maximum Gasteiger partial charge on any atom is 0.226 e. The molecule has 31 nitrogen and oxygen atoms in total. The van der Waals surface area contributed by atoms with Gasteiger partial charge in [0.15, 0.2) is 29.0 Å². The van der Waals surface area contributed by atoms with Crippen molar-refractivity contribution in [3.63, 3.8) is 0 Å². The molecule has 0 saturated carbocycles. The van der Waals surface area contributed by atoms with Gasteiger partial charge in [-0.2, -0.15) is 20.4 Å². The summed E-state index contributed by atoms with van der Waals surface area (Å²) in [5.41, 5.74) is 14.1. The molecule has 0 aliphatic carbocycles. The summed E-state index contributed by atoms with van der Waals surface area (Å²) in [6, 6.07) is 29.6. The Kier molecular flexibility index (Phi) is 27.0. The van der Waals surface area contributed by atoms with E-state index in [1.54, 1.807) is 104 Å². The van der Waals surface area contributed by atoms with Crippen molar-refractivity contribution in [2.45, 2.75) is 110 Å². The van der Waals surface area contributed by atoms with E-state index >= 15 is 0 Å². The maximum atomic E-state index is 5.81. The van der Waals surface area contributed by atoms with E-state index in [2.05, 4.69) is 127 Å². The SMILES string of the molecule is C1=COCCC1.COc1ccc2c(c1)CN(c1nccc(-c3nccc(/C=C/c4cn[nH]c4)n3)n1)C2.COc1ccc2c(c1)CN(c1nccc(-c3nccc(/C=C/c4cnn(C5CCCCO5)c4)n3)n1)C2.COc1ccc2c(c1)CN(c1nccc(-c3nccc(C)n3)n1)C2.COc1cn[nH]c1.COc1cnn(C2CCCCO2)c1. The van der Waals surface area contributed by atoms with Crippen molar-refractivity contribution in [3.8, 4) is 63.3 Å². The van der Waals surface area contributed by atoms with E-state index < -0.39 is 0 Å². The fraction of sp³-hybridized carbons (Fsp3) is 0.294. The Morgan fingerprint density at radius 3 is 1.26 bits per heavy atom. The number of ether oxygens (including phenoxy) is 8. The summed E-state index contributed by atoms with van der Waals surface area (Å²) in [5.74, 6) is 7.89. The number of fused-ring (bicyclic) bond motifs is 3. The molecule has 13 aromatic rings. The Hall–Kier alpha value is -13.7. The number of aromatic amines is 2. The summed E-state index contributed by atoms with van der Waals surface area (Å²) in [6.45, 7) is 9.04. The molecule has 3 aromatic carbocycles. The third-order valence-corrected chi connectivity index (χ3v) is 19.3. The molecule has 116 heavy (non-hydrogen) atoms. The summed E-state index contributed by atoms with van der Waals surface area (Å²) in [7, 11) is 8.29. The molecule has 2 unspecified atom stereocenters. The van der Waals surface area contributed by atoms with E-state index in [4.69, 9.17) is 52.8 Å². The first-order valence-corrected chi connectivity index (χ1v) is 38.3. The first-order valence-electron chi connectivity index (χ1n) is 38.3. The van der Waals surface area contributed by atoms with Crippen LogP contribution in [0, 0.1) is 6.92 Å². The number of H-pyrrole nitrogens is 2. The second-order valence-electron chi connectivity index (χ2n) is 27.3. The topological polar surface area (TPSA) is 331 Å². The summed E-state index contributed by atoms with van der Waals surface area (Å²) >= 11 is 0. The quantitative estimate of drug-likeness (QED) is 0.0855. The van der Waals surface area contributed by atoms with Crippen molar-refractivity contribution in [2.24, 2.45) is 0 Å². The van der Waals surface area contributed by atoms with E-state index in [1.807, 2.05) is 126 Å². The smallest absolute Gasteiger partial charge is 0.226 e. The van der Waals surface area contributed by atoms with Crippen LogP contribution in [0.15, 0.2) is 190 Å². The number of aryl methyl sites for hydroxylation is 1. The number of allylic oxidation sites excluding steroid dienone is 1. The van der Waals surface area contributed by atoms with Gasteiger partial charge in [0.05, 0.1) is 97.0 Å². The molecule has 0 radical (unpaired) electrons. The predicted octanol–water partition coefficient (Wildman–Crippen LogP) is 14.0. The van der Waals surface area contributed by atoms with E-state index in [9.17, 15) is 0 Å². The van der Waals surface area contributed by atoms with E-state index in [-0.39, 0.29) is 12.5 Å². The lowest BCUT2D eigenvalue weighted by atomic mass is 10.1. The highest BCUT2D eigenvalue weighted by Crippen LogP contribution is 2.34. The summed E-state index contributed by atoms with van der Waals surface area (Å²) in [4.78, 5) is 60.9. The van der Waals surface area contributed by atoms with Crippen molar-refractivity contribution < 1.29 is 37.9 Å². The molecule has 19 rings (SSSR count). The van der Waals surface area contributed by atoms with Crippen LogP contribution in [0.1, 0.15) is 125 Å². The Bertz CT molecular complexity index is 5390. The van der Waals surface area contributed by atoms with Crippen molar-refractivity contribution in [3.05, 3.63) is 252 Å². The summed E-state index contributed by atoms with van der Waals surface area (Å²) in [6.07, 6.45) is 45.7. The van der Waals surface area contributed by atoms with Crippen LogP contribution >= 0.6 is 0 Å². The fourth-order valence-electron chi connectivity index (χ4n) is 13.1. The summed E-state index contributed by atoms with van der Waals surface area (Å²) in [5, 5.41) is 21.6. The molecule has 0 spiro atoms. The average Bonchev–Trinajstić information content (AvgIpc) is 1.47. The number of benzene rings is 3. The lowest BCUT2D eigenvalue weighted by Crippen LogP contribution is -2.18. The van der Waals surface area contributed by atoms with Gasteiger partial charge in [-0.15, -0.1) is 0 Å². The monoisotopic (exact) mass is 1560 g/mol. The van der Waals surface area contributed by atoms with Crippen LogP contribution in [0.4, 0.5) is 17.8 Å². The van der Waals surface area contributed by atoms with Crippen LogP contribution in [0.2, 0.25) is 0 Å². The predicted molar refractivity (Wildman–Crippen MR) is 437 cm³/mol. The molecular weight excluding hydrogens is 1470 g/mol. The number of rotatable bonds is 17. The number of anilines is 3. The first-order chi connectivity index (χ1) is 57.1. The molecule has 0 bridgehead atoms. The van der Waals surface area contributed by atoms with Crippen molar-refractivity contribution in [1.82, 2.24) is 99.8 Å². The molecule has 10 aromatic heterocycles. The molecule has 2 saturated heterocycles. The van der Waals surface area contributed by atoms with Crippen LogP contribution in [-0.4, -0.2) is 155 Å². The summed E-state index contributed by atoms with van der Waals surface area (Å²) < 4.78 is 45.8.